The number of aliphatic imine (C=N–C) groups is 1. The van der Waals surface area contributed by atoms with Crippen LogP contribution in [0.2, 0.25) is 0 Å². The number of nitrogens with zero attached hydrogens (tertiary/aromatic N) is 3. The van der Waals surface area contributed by atoms with E-state index in [1.165, 1.54) is 36.1 Å². The molecule has 1 heterocycles. The van der Waals surface area contributed by atoms with Gasteiger partial charge < -0.3 is 48.3 Å². The summed E-state index contributed by atoms with van der Waals surface area (Å²) in [5, 5.41) is 37.9. The lowest BCUT2D eigenvalue weighted by Gasteiger charge is -2.31. The van der Waals surface area contributed by atoms with Gasteiger partial charge in [0.2, 0.25) is 23.6 Å². The second-order valence-electron chi connectivity index (χ2n) is 12.2. The summed E-state index contributed by atoms with van der Waals surface area (Å²) in [5.74, 6) is -4.35. The van der Waals surface area contributed by atoms with Crippen molar-refractivity contribution in [2.24, 2.45) is 28.1 Å². The monoisotopic (exact) mass is 677 g/mol. The number of amides is 4. The molecular formula is C30H47N9O9. The molecule has 1 fully saturated rings. The van der Waals surface area contributed by atoms with Crippen molar-refractivity contribution in [3.05, 3.63) is 39.9 Å². The normalized spacial score (nSPS) is 17.4. The van der Waals surface area contributed by atoms with Crippen molar-refractivity contribution in [2.75, 3.05) is 13.1 Å². The number of benzene rings is 1. The predicted octanol–water partition coefficient (Wildman–Crippen LogP) is -1.52. The van der Waals surface area contributed by atoms with Crippen LogP contribution < -0.4 is 33.2 Å². The number of aliphatic hydroxyl groups excluding tert-OH is 1. The second kappa shape index (κ2) is 18.5. The van der Waals surface area contributed by atoms with Crippen molar-refractivity contribution in [1.82, 2.24) is 20.9 Å². The number of guanidine groups is 1. The maximum atomic E-state index is 13.9. The molecule has 0 radical (unpaired) electrons. The van der Waals surface area contributed by atoms with E-state index in [9.17, 15) is 44.3 Å². The Morgan fingerprint density at radius 3 is 2.21 bits per heavy atom. The van der Waals surface area contributed by atoms with Crippen LogP contribution in [0.4, 0.5) is 5.69 Å². The van der Waals surface area contributed by atoms with Gasteiger partial charge in [-0.3, -0.25) is 34.3 Å². The van der Waals surface area contributed by atoms with E-state index >= 15 is 0 Å². The molecule has 0 aliphatic carbocycles. The first-order valence-electron chi connectivity index (χ1n) is 15.7. The lowest BCUT2D eigenvalue weighted by atomic mass is 9.99. The Labute approximate surface area is 278 Å². The fourth-order valence-electron chi connectivity index (χ4n) is 5.23. The molecule has 1 aromatic rings. The number of rotatable bonds is 18. The maximum Gasteiger partial charge on any atom is 0.328 e. The molecule has 18 heteroatoms. The smallest absolute Gasteiger partial charge is 0.328 e. The van der Waals surface area contributed by atoms with Gasteiger partial charge >= 0.3 is 5.97 Å². The fourth-order valence-corrected chi connectivity index (χ4v) is 5.23. The number of hydrogen-bond donors (Lipinski definition) is 8. The summed E-state index contributed by atoms with van der Waals surface area (Å²) in [7, 11) is 0. The number of carboxylic acids is 1. The average Bonchev–Trinajstić information content (AvgIpc) is 3.50. The number of nitro benzene ring substituents is 1. The van der Waals surface area contributed by atoms with E-state index in [-0.39, 0.29) is 56.3 Å². The molecular weight excluding hydrogens is 630 g/mol. The second-order valence-corrected chi connectivity index (χ2v) is 12.2. The van der Waals surface area contributed by atoms with Crippen LogP contribution in [0.1, 0.15) is 58.4 Å². The van der Waals surface area contributed by atoms with Crippen LogP contribution in [-0.2, 0) is 30.4 Å². The molecule has 1 aliphatic heterocycles. The first-order chi connectivity index (χ1) is 22.5. The maximum absolute atomic E-state index is 13.9. The largest absolute Gasteiger partial charge is 0.480 e. The van der Waals surface area contributed by atoms with Crippen LogP contribution in [0.25, 0.3) is 0 Å². The number of nitrogens with one attached hydrogen (secondary N) is 3. The third-order valence-electron chi connectivity index (χ3n) is 7.73. The highest BCUT2D eigenvalue weighted by Gasteiger charge is 2.40. The van der Waals surface area contributed by atoms with E-state index in [1.807, 2.05) is 13.8 Å². The Hall–Kier alpha value is -4.84. The molecule has 1 aliphatic rings. The molecule has 0 aromatic heterocycles. The average molecular weight is 678 g/mol. The third-order valence-corrected chi connectivity index (χ3v) is 7.73. The van der Waals surface area contributed by atoms with Gasteiger partial charge in [0, 0.05) is 31.6 Å². The molecule has 6 atom stereocenters. The Kier molecular flexibility index (Phi) is 15.1. The van der Waals surface area contributed by atoms with Crippen LogP contribution >= 0.6 is 0 Å². The van der Waals surface area contributed by atoms with Gasteiger partial charge in [-0.15, -0.1) is 0 Å². The molecule has 11 N–H and O–H groups in total. The lowest BCUT2D eigenvalue weighted by molar-refractivity contribution is -0.384. The van der Waals surface area contributed by atoms with Gasteiger partial charge in [0.05, 0.1) is 17.1 Å². The lowest BCUT2D eigenvalue weighted by Crippen LogP contribution is -2.59. The molecule has 4 amide bonds. The summed E-state index contributed by atoms with van der Waals surface area (Å²) in [4.78, 5) is 80.9. The molecule has 2 rings (SSSR count). The summed E-state index contributed by atoms with van der Waals surface area (Å²) < 4.78 is 0. The van der Waals surface area contributed by atoms with Crippen molar-refractivity contribution >= 4 is 41.2 Å². The molecule has 48 heavy (non-hydrogen) atoms. The molecule has 1 aromatic carbocycles. The van der Waals surface area contributed by atoms with Gasteiger partial charge in [-0.1, -0.05) is 26.0 Å². The summed E-state index contributed by atoms with van der Waals surface area (Å²) in [6, 6.07) is -0.592. The number of nitrogens with two attached hydrogens (primary N) is 3. The summed E-state index contributed by atoms with van der Waals surface area (Å²) in [6.07, 6.45) is -0.0541. The Bertz CT molecular complexity index is 1330. The standard InChI is InChI=1S/C30H47N9O9/c1-16(2)14-22(28(44)38-13-5-7-23(38)27(43)37-24(17(3)40)29(45)46)36-26(42)21(15-18-8-10-19(11-9-18)39(47)48)35-25(41)20(31)6-4-12-34-30(32)33/h8-11,16-17,20-24,40H,4-7,12-15,31H2,1-3H3,(H,35,41)(H,36,42)(H,37,43)(H,45,46)(H4,32,33,34)/t17-,20+,21+,22+,23+,24+/m1/s1. The number of non-ortho nitro benzene ring substituents is 1. The van der Waals surface area contributed by atoms with Gasteiger partial charge in [0.25, 0.3) is 5.69 Å². The molecule has 1 saturated heterocycles. The topological polar surface area (TPSA) is 299 Å². The van der Waals surface area contributed by atoms with E-state index in [4.69, 9.17) is 17.2 Å². The first-order valence-corrected chi connectivity index (χ1v) is 15.7. The minimum Gasteiger partial charge on any atom is -0.480 e. The molecule has 0 bridgehead atoms. The van der Waals surface area contributed by atoms with Gasteiger partial charge in [0.15, 0.2) is 12.0 Å². The highest BCUT2D eigenvalue weighted by Crippen LogP contribution is 2.21. The minimum absolute atomic E-state index is 0.0937. The summed E-state index contributed by atoms with van der Waals surface area (Å²) in [5.41, 5.74) is 17.0. The quantitative estimate of drug-likeness (QED) is 0.0289. The van der Waals surface area contributed by atoms with Crippen molar-refractivity contribution in [3.63, 3.8) is 0 Å². The van der Waals surface area contributed by atoms with Crippen molar-refractivity contribution in [2.45, 2.75) is 95.6 Å². The van der Waals surface area contributed by atoms with Crippen LogP contribution in [0.5, 0.6) is 0 Å². The zero-order valence-electron chi connectivity index (χ0n) is 27.3. The summed E-state index contributed by atoms with van der Waals surface area (Å²) >= 11 is 0. The van der Waals surface area contributed by atoms with E-state index < -0.39 is 70.8 Å². The van der Waals surface area contributed by atoms with E-state index in [2.05, 4.69) is 20.9 Å². The molecule has 0 unspecified atom stereocenters. The Balaban J connectivity index is 2.29. The first kappa shape index (κ1) is 39.3. The van der Waals surface area contributed by atoms with Crippen molar-refractivity contribution < 1.29 is 39.1 Å². The molecule has 18 nitrogen and oxygen atoms in total. The zero-order valence-corrected chi connectivity index (χ0v) is 27.3. The number of nitro groups is 1. The predicted molar refractivity (Wildman–Crippen MR) is 174 cm³/mol. The van der Waals surface area contributed by atoms with Gasteiger partial charge in [0.1, 0.15) is 18.1 Å². The van der Waals surface area contributed by atoms with E-state index in [1.54, 1.807) is 0 Å². The highest BCUT2D eigenvalue weighted by molar-refractivity contribution is 5.96. The number of hydrogen-bond acceptors (Lipinski definition) is 10. The zero-order chi connectivity index (χ0) is 36.1. The summed E-state index contributed by atoms with van der Waals surface area (Å²) in [6.45, 7) is 5.29. The van der Waals surface area contributed by atoms with Crippen LogP contribution in [-0.4, -0.2) is 105 Å². The van der Waals surface area contributed by atoms with E-state index in [0.29, 0.717) is 18.4 Å². The number of carbonyl (C=O) groups is 5. The molecule has 0 spiro atoms. The van der Waals surface area contributed by atoms with Crippen LogP contribution in [0.3, 0.4) is 0 Å². The van der Waals surface area contributed by atoms with E-state index in [0.717, 1.165) is 0 Å². The van der Waals surface area contributed by atoms with Crippen molar-refractivity contribution in [3.8, 4) is 0 Å². The molecule has 0 saturated carbocycles. The fraction of sp³-hybridized carbons (Fsp3) is 0.600. The number of likely N-dealkylation sites (tertiary alicyclic amines) is 1. The van der Waals surface area contributed by atoms with Gasteiger partial charge in [-0.05, 0) is 50.5 Å². The number of carbonyl (C=O) groups excluding carboxylic acids is 4. The Morgan fingerprint density at radius 1 is 1.04 bits per heavy atom. The molecule has 266 valence electrons. The van der Waals surface area contributed by atoms with Crippen LogP contribution in [0, 0.1) is 16.0 Å². The Morgan fingerprint density at radius 2 is 1.67 bits per heavy atom. The van der Waals surface area contributed by atoms with Crippen LogP contribution in [0.15, 0.2) is 29.3 Å². The van der Waals surface area contributed by atoms with Gasteiger partial charge in [-0.2, -0.15) is 0 Å². The third kappa shape index (κ3) is 12.1. The van der Waals surface area contributed by atoms with Gasteiger partial charge in [-0.25, -0.2) is 4.79 Å². The number of aliphatic hydroxyl groups is 1. The minimum atomic E-state index is -1.58. The highest BCUT2D eigenvalue weighted by atomic mass is 16.6. The van der Waals surface area contributed by atoms with Crippen molar-refractivity contribution in [1.29, 1.82) is 0 Å². The number of aliphatic carboxylic acids is 1. The number of carboxylic acid groups (broad SMARTS) is 1. The SMILES string of the molecule is CC(C)C[C@H](NC(=O)[C@H](Cc1ccc([N+](=O)[O-])cc1)NC(=O)[C@@H](N)CCCN=C(N)N)C(=O)N1CCC[C@H]1C(=O)N[C@H](C(=O)O)[C@@H](C)O.